The lowest BCUT2D eigenvalue weighted by molar-refractivity contribution is 0.0696. The SMILES string of the molecule is C=CCn1cc(C(=O)O)c(CC=CF)n1. The molecule has 0 fully saturated rings. The molecule has 1 aromatic rings. The van der Waals surface area contributed by atoms with Crippen molar-refractivity contribution in [2.24, 2.45) is 0 Å². The monoisotopic (exact) mass is 210 g/mol. The molecule has 15 heavy (non-hydrogen) atoms. The van der Waals surface area contributed by atoms with Crippen LogP contribution >= 0.6 is 0 Å². The first kappa shape index (κ1) is 11.2. The highest BCUT2D eigenvalue weighted by molar-refractivity contribution is 5.88. The Hall–Kier alpha value is -1.91. The summed E-state index contributed by atoms with van der Waals surface area (Å²) in [6.45, 7) is 3.95. The Morgan fingerprint density at radius 3 is 3.00 bits per heavy atom. The summed E-state index contributed by atoms with van der Waals surface area (Å²) in [4.78, 5) is 10.8. The Kier molecular flexibility index (Phi) is 3.79. The van der Waals surface area contributed by atoms with Crippen LogP contribution in [0.15, 0.2) is 31.3 Å². The van der Waals surface area contributed by atoms with E-state index in [1.807, 2.05) is 0 Å². The zero-order valence-electron chi connectivity index (χ0n) is 8.06. The van der Waals surface area contributed by atoms with E-state index in [9.17, 15) is 9.18 Å². The van der Waals surface area contributed by atoms with Crippen LogP contribution in [0.2, 0.25) is 0 Å². The van der Waals surface area contributed by atoms with Gasteiger partial charge in [0.05, 0.1) is 18.6 Å². The van der Waals surface area contributed by atoms with E-state index in [0.717, 1.165) is 0 Å². The van der Waals surface area contributed by atoms with Crippen LogP contribution in [0.25, 0.3) is 0 Å². The summed E-state index contributed by atoms with van der Waals surface area (Å²) in [5.74, 6) is -1.06. The zero-order chi connectivity index (χ0) is 11.3. The zero-order valence-corrected chi connectivity index (χ0v) is 8.06. The van der Waals surface area contributed by atoms with Gasteiger partial charge in [0.2, 0.25) is 0 Å². The molecule has 0 aliphatic heterocycles. The summed E-state index contributed by atoms with van der Waals surface area (Å²) < 4.78 is 13.2. The highest BCUT2D eigenvalue weighted by Gasteiger charge is 2.13. The predicted octanol–water partition coefficient (Wildman–Crippen LogP) is 1.79. The van der Waals surface area contributed by atoms with E-state index in [2.05, 4.69) is 11.7 Å². The van der Waals surface area contributed by atoms with Crippen LogP contribution in [0.4, 0.5) is 4.39 Å². The van der Waals surface area contributed by atoms with Gasteiger partial charge in [-0.2, -0.15) is 5.10 Å². The minimum atomic E-state index is -1.06. The summed E-state index contributed by atoms with van der Waals surface area (Å²) in [6, 6.07) is 0. The molecule has 0 aliphatic rings. The Labute approximate surface area is 86.3 Å². The summed E-state index contributed by atoms with van der Waals surface area (Å²) >= 11 is 0. The van der Waals surface area contributed by atoms with Gasteiger partial charge < -0.3 is 5.11 Å². The number of carbonyl (C=O) groups is 1. The number of carboxylic acids is 1. The number of aromatic carboxylic acids is 1. The second-order valence-corrected chi connectivity index (χ2v) is 2.87. The lowest BCUT2D eigenvalue weighted by Crippen LogP contribution is -1.98. The number of hydrogen-bond donors (Lipinski definition) is 1. The van der Waals surface area contributed by atoms with Gasteiger partial charge in [0.25, 0.3) is 0 Å². The van der Waals surface area contributed by atoms with Crippen molar-refractivity contribution in [3.05, 3.63) is 42.5 Å². The molecule has 0 amide bonds. The first-order chi connectivity index (χ1) is 7.19. The normalized spacial score (nSPS) is 10.7. The van der Waals surface area contributed by atoms with Gasteiger partial charge in [0, 0.05) is 12.6 Å². The third-order valence-electron chi connectivity index (χ3n) is 1.79. The highest BCUT2D eigenvalue weighted by Crippen LogP contribution is 2.08. The molecule has 80 valence electrons. The largest absolute Gasteiger partial charge is 0.478 e. The minimum Gasteiger partial charge on any atom is -0.478 e. The van der Waals surface area contributed by atoms with E-state index in [0.29, 0.717) is 18.6 Å². The van der Waals surface area contributed by atoms with Crippen LogP contribution in [-0.4, -0.2) is 20.9 Å². The second-order valence-electron chi connectivity index (χ2n) is 2.87. The molecule has 1 rings (SSSR count). The summed E-state index contributed by atoms with van der Waals surface area (Å²) in [5.41, 5.74) is 0.438. The van der Waals surface area contributed by atoms with Gasteiger partial charge in [-0.1, -0.05) is 12.2 Å². The molecule has 0 aliphatic carbocycles. The van der Waals surface area contributed by atoms with E-state index in [4.69, 9.17) is 5.11 Å². The topological polar surface area (TPSA) is 55.1 Å². The fraction of sp³-hybridized carbons (Fsp3) is 0.200. The predicted molar refractivity (Wildman–Crippen MR) is 53.3 cm³/mol. The number of nitrogens with zero attached hydrogens (tertiary/aromatic N) is 2. The van der Waals surface area contributed by atoms with E-state index < -0.39 is 5.97 Å². The van der Waals surface area contributed by atoms with E-state index in [-0.39, 0.29) is 12.0 Å². The third-order valence-corrected chi connectivity index (χ3v) is 1.79. The quantitative estimate of drug-likeness (QED) is 0.754. The van der Waals surface area contributed by atoms with Crippen LogP contribution in [0.1, 0.15) is 16.1 Å². The first-order valence-corrected chi connectivity index (χ1v) is 4.34. The van der Waals surface area contributed by atoms with Crippen LogP contribution in [0, 0.1) is 0 Å². The summed E-state index contributed by atoms with van der Waals surface area (Å²) in [6.07, 6.45) is 4.77. The average Bonchev–Trinajstić information content (AvgIpc) is 2.59. The lowest BCUT2D eigenvalue weighted by Gasteiger charge is -1.92. The molecule has 0 saturated heterocycles. The van der Waals surface area contributed by atoms with E-state index in [1.165, 1.54) is 17.0 Å². The van der Waals surface area contributed by atoms with Gasteiger partial charge in [0.15, 0.2) is 0 Å². The van der Waals surface area contributed by atoms with Crippen molar-refractivity contribution in [3.63, 3.8) is 0 Å². The molecule has 0 spiro atoms. The fourth-order valence-corrected chi connectivity index (χ4v) is 1.17. The molecule has 0 aromatic carbocycles. The van der Waals surface area contributed by atoms with E-state index in [1.54, 1.807) is 6.08 Å². The summed E-state index contributed by atoms with van der Waals surface area (Å²) in [7, 11) is 0. The summed E-state index contributed by atoms with van der Waals surface area (Å²) in [5, 5.41) is 12.9. The molecule has 0 saturated carbocycles. The standard InChI is InChI=1S/C10H11FN2O2/c1-2-6-13-7-8(10(14)15)9(12-13)4-3-5-11/h2-3,5,7H,1,4,6H2,(H,14,15). The molecule has 0 radical (unpaired) electrons. The molecule has 0 atom stereocenters. The van der Waals surface area contributed by atoms with Gasteiger partial charge in [-0.05, 0) is 0 Å². The number of hydrogen-bond acceptors (Lipinski definition) is 2. The van der Waals surface area contributed by atoms with Crippen LogP contribution in [-0.2, 0) is 13.0 Å². The van der Waals surface area contributed by atoms with Crippen molar-refractivity contribution in [1.82, 2.24) is 9.78 Å². The van der Waals surface area contributed by atoms with Crippen molar-refractivity contribution in [2.45, 2.75) is 13.0 Å². The maximum absolute atomic E-state index is 11.8. The molecule has 0 bridgehead atoms. The van der Waals surface area contributed by atoms with E-state index >= 15 is 0 Å². The maximum atomic E-state index is 11.8. The van der Waals surface area contributed by atoms with Crippen molar-refractivity contribution in [3.8, 4) is 0 Å². The number of aromatic nitrogens is 2. The number of allylic oxidation sites excluding steroid dienone is 2. The number of halogens is 1. The Bertz CT molecular complexity index is 396. The maximum Gasteiger partial charge on any atom is 0.339 e. The van der Waals surface area contributed by atoms with Gasteiger partial charge in [-0.25, -0.2) is 9.18 Å². The highest BCUT2D eigenvalue weighted by atomic mass is 19.1. The third kappa shape index (κ3) is 2.77. The lowest BCUT2D eigenvalue weighted by atomic mass is 10.2. The first-order valence-electron chi connectivity index (χ1n) is 4.34. The molecule has 1 aromatic heterocycles. The van der Waals surface area contributed by atoms with Crippen molar-refractivity contribution < 1.29 is 14.3 Å². The van der Waals surface area contributed by atoms with Gasteiger partial charge in [-0.15, -0.1) is 6.58 Å². The molecule has 4 nitrogen and oxygen atoms in total. The molecule has 1 N–H and O–H groups in total. The molecule has 0 unspecified atom stereocenters. The van der Waals surface area contributed by atoms with Crippen molar-refractivity contribution in [1.29, 1.82) is 0 Å². The van der Waals surface area contributed by atoms with Crippen LogP contribution in [0.3, 0.4) is 0 Å². The van der Waals surface area contributed by atoms with Crippen molar-refractivity contribution in [2.75, 3.05) is 0 Å². The number of rotatable bonds is 5. The minimum absolute atomic E-state index is 0.0925. The fourth-order valence-electron chi connectivity index (χ4n) is 1.17. The van der Waals surface area contributed by atoms with Gasteiger partial charge in [0.1, 0.15) is 5.56 Å². The second kappa shape index (κ2) is 5.09. The molecular weight excluding hydrogens is 199 g/mol. The molecule has 1 heterocycles. The molecule has 5 heteroatoms. The smallest absolute Gasteiger partial charge is 0.339 e. The van der Waals surface area contributed by atoms with Crippen LogP contribution < -0.4 is 0 Å². The Morgan fingerprint density at radius 1 is 1.73 bits per heavy atom. The Morgan fingerprint density at radius 2 is 2.47 bits per heavy atom. The average molecular weight is 210 g/mol. The number of carboxylic acid groups (broad SMARTS) is 1. The van der Waals surface area contributed by atoms with Gasteiger partial charge in [-0.3, -0.25) is 4.68 Å². The van der Waals surface area contributed by atoms with Gasteiger partial charge >= 0.3 is 5.97 Å². The van der Waals surface area contributed by atoms with Crippen LogP contribution in [0.5, 0.6) is 0 Å². The van der Waals surface area contributed by atoms with Crippen molar-refractivity contribution >= 4 is 5.97 Å². The Balaban J connectivity index is 2.99. The molecular formula is C10H11FN2O2.